The van der Waals surface area contributed by atoms with Gasteiger partial charge < -0.3 is 15.7 Å². The van der Waals surface area contributed by atoms with Crippen LogP contribution in [-0.4, -0.2) is 23.0 Å². The van der Waals surface area contributed by atoms with E-state index in [9.17, 15) is 14.7 Å². The van der Waals surface area contributed by atoms with Crippen molar-refractivity contribution in [2.45, 2.75) is 18.4 Å². The van der Waals surface area contributed by atoms with Crippen molar-refractivity contribution >= 4 is 46.5 Å². The molecule has 1 aliphatic carbocycles. The molecule has 27 heavy (non-hydrogen) atoms. The fourth-order valence-corrected chi connectivity index (χ4v) is 4.28. The monoisotopic (exact) mass is 402 g/mol. The lowest BCUT2D eigenvalue weighted by atomic mass is 9.79. The first-order valence-corrected chi connectivity index (χ1v) is 9.26. The van der Waals surface area contributed by atoms with Crippen molar-refractivity contribution in [3.05, 3.63) is 69.7 Å². The number of rotatable bonds is 3. The molecule has 1 aliphatic heterocycles. The molecule has 0 fully saturated rings. The highest BCUT2D eigenvalue weighted by atomic mass is 35.5. The lowest BCUT2D eigenvalue weighted by molar-refractivity contribution is -0.139. The molecule has 0 saturated heterocycles. The molecule has 4 rings (SSSR count). The van der Waals surface area contributed by atoms with Crippen molar-refractivity contribution in [2.75, 3.05) is 10.6 Å². The average Bonchev–Trinajstić information content (AvgIpc) is 3.10. The van der Waals surface area contributed by atoms with Gasteiger partial charge in [-0.2, -0.15) is 0 Å². The zero-order chi connectivity index (χ0) is 19.1. The van der Waals surface area contributed by atoms with Gasteiger partial charge in [-0.05, 0) is 48.4 Å². The zero-order valence-corrected chi connectivity index (χ0v) is 15.6. The van der Waals surface area contributed by atoms with Gasteiger partial charge >= 0.3 is 5.97 Å². The topological polar surface area (TPSA) is 78.4 Å². The zero-order valence-electron chi connectivity index (χ0n) is 14.1. The largest absolute Gasteiger partial charge is 0.480 e. The summed E-state index contributed by atoms with van der Waals surface area (Å²) in [5.41, 5.74) is 2.71. The first-order valence-electron chi connectivity index (χ1n) is 8.50. The number of nitrogens with one attached hydrogen (secondary N) is 2. The van der Waals surface area contributed by atoms with Crippen LogP contribution in [0.1, 0.15) is 28.3 Å². The van der Waals surface area contributed by atoms with Gasteiger partial charge in [0, 0.05) is 28.2 Å². The van der Waals surface area contributed by atoms with Crippen molar-refractivity contribution in [3.63, 3.8) is 0 Å². The summed E-state index contributed by atoms with van der Waals surface area (Å²) in [4.78, 5) is 24.1. The van der Waals surface area contributed by atoms with Crippen LogP contribution < -0.4 is 10.6 Å². The van der Waals surface area contributed by atoms with Crippen LogP contribution in [0.25, 0.3) is 0 Å². The molecular weight excluding hydrogens is 387 g/mol. The van der Waals surface area contributed by atoms with Crippen LogP contribution in [0.15, 0.2) is 48.6 Å². The minimum atomic E-state index is -0.853. The average molecular weight is 403 g/mol. The van der Waals surface area contributed by atoms with Gasteiger partial charge in [0.05, 0.1) is 10.6 Å². The smallest absolute Gasteiger partial charge is 0.326 e. The second-order valence-electron chi connectivity index (χ2n) is 6.69. The maximum absolute atomic E-state index is 12.5. The van der Waals surface area contributed by atoms with E-state index in [0.29, 0.717) is 22.7 Å². The van der Waals surface area contributed by atoms with Crippen molar-refractivity contribution in [1.82, 2.24) is 0 Å². The lowest BCUT2D eigenvalue weighted by Gasteiger charge is -2.35. The highest BCUT2D eigenvalue weighted by Crippen LogP contribution is 2.45. The molecule has 0 radical (unpaired) electrons. The molecule has 2 aromatic rings. The van der Waals surface area contributed by atoms with Gasteiger partial charge in [-0.15, -0.1) is 0 Å². The predicted molar refractivity (Wildman–Crippen MR) is 106 cm³/mol. The number of allylic oxidation sites excluding steroid dienone is 2. The molecule has 1 heterocycles. The van der Waals surface area contributed by atoms with E-state index in [2.05, 4.69) is 10.6 Å². The number of hydrogen-bond donors (Lipinski definition) is 3. The highest BCUT2D eigenvalue weighted by Gasteiger charge is 2.40. The molecule has 0 aromatic heterocycles. The van der Waals surface area contributed by atoms with Crippen LogP contribution in [-0.2, 0) is 4.79 Å². The van der Waals surface area contributed by atoms with Crippen LogP contribution in [0.3, 0.4) is 0 Å². The summed E-state index contributed by atoms with van der Waals surface area (Å²) in [5.74, 6) is -1.21. The number of amides is 1. The van der Waals surface area contributed by atoms with Crippen LogP contribution in [0.2, 0.25) is 10.0 Å². The molecule has 3 atom stereocenters. The number of hydrogen-bond acceptors (Lipinski definition) is 3. The van der Waals surface area contributed by atoms with E-state index >= 15 is 0 Å². The Labute approximate surface area is 166 Å². The number of fused-ring (bicyclic) bond motifs is 3. The summed E-state index contributed by atoms with van der Waals surface area (Å²) in [6, 6.07) is 9.51. The second kappa shape index (κ2) is 6.91. The Morgan fingerprint density at radius 3 is 2.70 bits per heavy atom. The Morgan fingerprint density at radius 2 is 1.96 bits per heavy atom. The SMILES string of the molecule is O=C(Nc1ccc2c(c1)[C@H]1C=CC[C@@H]1[C@@H](C(=O)O)N2)c1ccc(Cl)cc1Cl. The van der Waals surface area contributed by atoms with Crippen molar-refractivity contribution in [2.24, 2.45) is 5.92 Å². The summed E-state index contributed by atoms with van der Waals surface area (Å²) in [6.45, 7) is 0. The Morgan fingerprint density at radius 1 is 1.15 bits per heavy atom. The third-order valence-electron chi connectivity index (χ3n) is 5.06. The van der Waals surface area contributed by atoms with Crippen molar-refractivity contribution in [3.8, 4) is 0 Å². The molecule has 1 amide bonds. The fourth-order valence-electron chi connectivity index (χ4n) is 3.79. The van der Waals surface area contributed by atoms with Crippen LogP contribution in [0.4, 0.5) is 11.4 Å². The molecule has 0 unspecified atom stereocenters. The summed E-state index contributed by atoms with van der Waals surface area (Å²) in [6.07, 6.45) is 4.77. The first-order chi connectivity index (χ1) is 12.9. The van der Waals surface area contributed by atoms with E-state index in [1.54, 1.807) is 24.3 Å². The summed E-state index contributed by atoms with van der Waals surface area (Å²) < 4.78 is 0. The van der Waals surface area contributed by atoms with Gasteiger partial charge in [-0.25, -0.2) is 4.79 Å². The number of aliphatic carboxylic acids is 1. The summed E-state index contributed by atoms with van der Waals surface area (Å²) in [7, 11) is 0. The van der Waals surface area contributed by atoms with Crippen LogP contribution in [0, 0.1) is 5.92 Å². The number of halogens is 2. The molecule has 3 N–H and O–H groups in total. The molecule has 7 heteroatoms. The van der Waals surface area contributed by atoms with Crippen LogP contribution >= 0.6 is 23.2 Å². The number of carboxylic acid groups (broad SMARTS) is 1. The van der Waals surface area contributed by atoms with Gasteiger partial charge in [0.1, 0.15) is 6.04 Å². The summed E-state index contributed by atoms with van der Waals surface area (Å²) >= 11 is 12.0. The molecular formula is C20H16Cl2N2O3. The fraction of sp³-hybridized carbons (Fsp3) is 0.200. The third kappa shape index (κ3) is 3.29. The van der Waals surface area contributed by atoms with E-state index in [1.807, 2.05) is 18.2 Å². The lowest BCUT2D eigenvalue weighted by Crippen LogP contribution is -2.41. The maximum atomic E-state index is 12.5. The molecule has 2 aliphatic rings. The quantitative estimate of drug-likeness (QED) is 0.645. The van der Waals surface area contributed by atoms with Gasteiger partial charge in [0.2, 0.25) is 0 Å². The minimum absolute atomic E-state index is 0.0123. The molecule has 0 saturated carbocycles. The van der Waals surface area contributed by atoms with Crippen molar-refractivity contribution < 1.29 is 14.7 Å². The standard InChI is InChI=1S/C20H16Cl2N2O3/c21-10-4-6-14(16(22)8-10)19(25)23-11-5-7-17-15(9-11)12-2-1-3-13(12)18(24-17)20(26)27/h1-2,4-9,12-13,18,24H,3H2,(H,23,25)(H,26,27)/t12-,13-,18-/m0/s1. The van der Waals surface area contributed by atoms with E-state index in [-0.39, 0.29) is 22.8 Å². The Balaban J connectivity index is 1.62. The number of carboxylic acids is 1. The Bertz CT molecular complexity index is 974. The Hall–Kier alpha value is -2.50. The summed E-state index contributed by atoms with van der Waals surface area (Å²) in [5, 5.41) is 16.2. The van der Waals surface area contributed by atoms with E-state index in [1.165, 1.54) is 6.07 Å². The number of anilines is 2. The minimum Gasteiger partial charge on any atom is -0.480 e. The highest BCUT2D eigenvalue weighted by molar-refractivity contribution is 6.37. The second-order valence-corrected chi connectivity index (χ2v) is 7.54. The Kier molecular flexibility index (Phi) is 4.58. The number of carbonyl (C=O) groups excluding carboxylic acids is 1. The first kappa shape index (κ1) is 17.9. The van der Waals surface area contributed by atoms with E-state index in [4.69, 9.17) is 23.2 Å². The normalized spacial score (nSPS) is 22.5. The van der Waals surface area contributed by atoms with Crippen molar-refractivity contribution in [1.29, 1.82) is 0 Å². The molecule has 0 bridgehead atoms. The van der Waals surface area contributed by atoms with Gasteiger partial charge in [-0.3, -0.25) is 4.79 Å². The van der Waals surface area contributed by atoms with Gasteiger partial charge in [0.25, 0.3) is 5.91 Å². The van der Waals surface area contributed by atoms with Crippen LogP contribution in [0.5, 0.6) is 0 Å². The molecule has 5 nitrogen and oxygen atoms in total. The number of carbonyl (C=O) groups is 2. The number of benzene rings is 2. The molecule has 138 valence electrons. The third-order valence-corrected chi connectivity index (χ3v) is 5.61. The molecule has 0 spiro atoms. The van der Waals surface area contributed by atoms with Gasteiger partial charge in [-0.1, -0.05) is 35.4 Å². The molecule has 2 aromatic carbocycles. The van der Waals surface area contributed by atoms with Gasteiger partial charge in [0.15, 0.2) is 0 Å². The predicted octanol–water partition coefficient (Wildman–Crippen LogP) is 4.78. The maximum Gasteiger partial charge on any atom is 0.326 e. The van der Waals surface area contributed by atoms with E-state index in [0.717, 1.165) is 11.3 Å². The van der Waals surface area contributed by atoms with E-state index < -0.39 is 12.0 Å².